The Kier molecular flexibility index (Phi) is 7.89. The number of anilines is 2. The van der Waals surface area contributed by atoms with Crippen LogP contribution in [0.4, 0.5) is 15.8 Å². The van der Waals surface area contributed by atoms with Crippen molar-refractivity contribution < 1.29 is 14.0 Å². The molecule has 3 rings (SSSR count). The van der Waals surface area contributed by atoms with Crippen molar-refractivity contribution in [3.05, 3.63) is 64.2 Å². The van der Waals surface area contributed by atoms with Gasteiger partial charge in [-0.2, -0.15) is 0 Å². The number of benzene rings is 2. The lowest BCUT2D eigenvalue weighted by atomic mass is 10.3. The molecule has 0 spiro atoms. The summed E-state index contributed by atoms with van der Waals surface area (Å²) in [7, 11) is 0. The number of amides is 2. The lowest BCUT2D eigenvalue weighted by molar-refractivity contribution is -0.116. The van der Waals surface area contributed by atoms with Crippen molar-refractivity contribution in [1.82, 2.24) is 14.8 Å². The van der Waals surface area contributed by atoms with Gasteiger partial charge in [0.05, 0.1) is 22.2 Å². The number of halogens is 3. The molecule has 2 aromatic carbocycles. The zero-order valence-corrected chi connectivity index (χ0v) is 18.7. The van der Waals surface area contributed by atoms with Crippen molar-refractivity contribution in [3.63, 3.8) is 0 Å². The molecule has 0 atom stereocenters. The average Bonchev–Trinajstić information content (AvgIpc) is 3.10. The van der Waals surface area contributed by atoms with E-state index in [-0.39, 0.29) is 24.0 Å². The summed E-state index contributed by atoms with van der Waals surface area (Å²) < 4.78 is 15.0. The lowest BCUT2D eigenvalue weighted by Crippen LogP contribution is -2.18. The number of thioether (sulfide) groups is 1. The van der Waals surface area contributed by atoms with E-state index in [2.05, 4.69) is 20.8 Å². The smallest absolute Gasteiger partial charge is 0.234 e. The molecule has 0 fully saturated rings. The summed E-state index contributed by atoms with van der Waals surface area (Å²) in [5, 5.41) is 14.8. The fraction of sp³-hybridized carbons (Fsp3) is 0.200. The van der Waals surface area contributed by atoms with Crippen LogP contribution in [0.5, 0.6) is 0 Å². The van der Waals surface area contributed by atoms with E-state index in [4.69, 9.17) is 23.2 Å². The maximum Gasteiger partial charge on any atom is 0.234 e. The quantitative estimate of drug-likeness (QED) is 0.456. The first-order valence-corrected chi connectivity index (χ1v) is 10.9. The SMILES string of the molecule is CCn1c(CC(=O)Nc2ccc(Cl)c(Cl)c2)nnc1SCC(=O)Nc1cccc(F)c1. The second-order valence-corrected chi connectivity index (χ2v) is 8.10. The molecular weight excluding hydrogens is 464 g/mol. The monoisotopic (exact) mass is 481 g/mol. The normalized spacial score (nSPS) is 10.7. The number of nitrogens with one attached hydrogen (secondary N) is 2. The molecule has 11 heteroatoms. The second-order valence-electron chi connectivity index (χ2n) is 6.34. The minimum Gasteiger partial charge on any atom is -0.326 e. The maximum absolute atomic E-state index is 13.2. The molecule has 162 valence electrons. The zero-order chi connectivity index (χ0) is 22.4. The van der Waals surface area contributed by atoms with Gasteiger partial charge in [-0.1, -0.05) is 41.0 Å². The van der Waals surface area contributed by atoms with E-state index in [1.54, 1.807) is 28.8 Å². The fourth-order valence-corrected chi connectivity index (χ4v) is 3.81. The molecule has 0 radical (unpaired) electrons. The molecule has 31 heavy (non-hydrogen) atoms. The van der Waals surface area contributed by atoms with E-state index in [0.29, 0.717) is 38.9 Å². The van der Waals surface area contributed by atoms with Crippen LogP contribution in [0, 0.1) is 5.82 Å². The molecule has 7 nitrogen and oxygen atoms in total. The Labute approximate surface area is 192 Å². The van der Waals surface area contributed by atoms with Crippen molar-refractivity contribution in [2.75, 3.05) is 16.4 Å². The third kappa shape index (κ3) is 6.43. The average molecular weight is 482 g/mol. The fourth-order valence-electron chi connectivity index (χ4n) is 2.69. The van der Waals surface area contributed by atoms with E-state index >= 15 is 0 Å². The molecular formula is C20H18Cl2FN5O2S. The maximum atomic E-state index is 13.2. The van der Waals surface area contributed by atoms with Crippen molar-refractivity contribution in [2.45, 2.75) is 25.0 Å². The summed E-state index contributed by atoms with van der Waals surface area (Å²) in [4.78, 5) is 24.5. The Balaban J connectivity index is 1.58. The number of nitrogens with zero attached hydrogens (tertiary/aromatic N) is 3. The predicted molar refractivity (Wildman–Crippen MR) is 120 cm³/mol. The van der Waals surface area contributed by atoms with Crippen molar-refractivity contribution in [2.24, 2.45) is 0 Å². The highest BCUT2D eigenvalue weighted by Gasteiger charge is 2.16. The van der Waals surface area contributed by atoms with Crippen LogP contribution in [0.1, 0.15) is 12.7 Å². The highest BCUT2D eigenvalue weighted by Crippen LogP contribution is 2.25. The summed E-state index contributed by atoms with van der Waals surface area (Å²) in [5.74, 6) is -0.501. The van der Waals surface area contributed by atoms with Crippen LogP contribution in [0.25, 0.3) is 0 Å². The van der Waals surface area contributed by atoms with Gasteiger partial charge in [0.15, 0.2) is 5.16 Å². The number of carbonyl (C=O) groups excluding carboxylic acids is 2. The molecule has 3 aromatic rings. The first-order valence-electron chi connectivity index (χ1n) is 9.21. The van der Waals surface area contributed by atoms with Crippen molar-refractivity contribution >= 4 is 58.2 Å². The van der Waals surface area contributed by atoms with E-state index < -0.39 is 5.82 Å². The summed E-state index contributed by atoms with van der Waals surface area (Å²) >= 11 is 13.0. The van der Waals surface area contributed by atoms with Crippen LogP contribution >= 0.6 is 35.0 Å². The number of hydrogen-bond acceptors (Lipinski definition) is 5. The standard InChI is InChI=1S/C20H18Cl2FN5O2S/c1-2-28-17(10-18(29)24-14-6-7-15(21)16(22)9-14)26-27-20(28)31-11-19(30)25-13-5-3-4-12(23)8-13/h3-9H,2,10-11H2,1H3,(H,24,29)(H,25,30). The van der Waals surface area contributed by atoms with Gasteiger partial charge in [-0.25, -0.2) is 4.39 Å². The molecule has 0 bridgehead atoms. The van der Waals surface area contributed by atoms with Gasteiger partial charge in [-0.05, 0) is 43.3 Å². The van der Waals surface area contributed by atoms with E-state index in [0.717, 1.165) is 0 Å². The minimum atomic E-state index is -0.431. The highest BCUT2D eigenvalue weighted by atomic mass is 35.5. The first-order chi connectivity index (χ1) is 14.9. The molecule has 0 aliphatic rings. The molecule has 0 aliphatic heterocycles. The summed E-state index contributed by atoms with van der Waals surface area (Å²) in [5.41, 5.74) is 0.896. The van der Waals surface area contributed by atoms with Gasteiger partial charge < -0.3 is 15.2 Å². The van der Waals surface area contributed by atoms with E-state index in [9.17, 15) is 14.0 Å². The van der Waals surface area contributed by atoms with E-state index in [1.165, 1.54) is 30.0 Å². The van der Waals surface area contributed by atoms with Crippen LogP contribution in [0.15, 0.2) is 47.6 Å². The molecule has 0 saturated carbocycles. The largest absolute Gasteiger partial charge is 0.326 e. The number of aromatic nitrogens is 3. The summed E-state index contributed by atoms with van der Waals surface area (Å²) in [6, 6.07) is 10.5. The van der Waals surface area contributed by atoms with Gasteiger partial charge in [0.25, 0.3) is 0 Å². The minimum absolute atomic E-state index is 0.00284. The predicted octanol–water partition coefficient (Wildman–Crippen LogP) is 4.66. The van der Waals surface area contributed by atoms with Crippen LogP contribution in [0.3, 0.4) is 0 Å². The van der Waals surface area contributed by atoms with Gasteiger partial charge in [-0.15, -0.1) is 10.2 Å². The van der Waals surface area contributed by atoms with Gasteiger partial charge in [0.2, 0.25) is 11.8 Å². The third-order valence-corrected chi connectivity index (χ3v) is 5.78. The second kappa shape index (κ2) is 10.6. The zero-order valence-electron chi connectivity index (χ0n) is 16.4. The van der Waals surface area contributed by atoms with Crippen LogP contribution in [-0.2, 0) is 22.6 Å². The Bertz CT molecular complexity index is 1110. The van der Waals surface area contributed by atoms with Crippen molar-refractivity contribution in [1.29, 1.82) is 0 Å². The summed E-state index contributed by atoms with van der Waals surface area (Å²) in [6.07, 6.45) is -0.00284. The first kappa shape index (κ1) is 23.1. The summed E-state index contributed by atoms with van der Waals surface area (Å²) in [6.45, 7) is 2.41. The van der Waals surface area contributed by atoms with Crippen LogP contribution in [0.2, 0.25) is 10.0 Å². The Morgan fingerprint density at radius 2 is 1.77 bits per heavy atom. The molecule has 2 N–H and O–H groups in total. The van der Waals surface area contributed by atoms with Gasteiger partial charge in [-0.3, -0.25) is 9.59 Å². The van der Waals surface area contributed by atoms with Gasteiger partial charge in [0, 0.05) is 17.9 Å². The lowest BCUT2D eigenvalue weighted by Gasteiger charge is -2.09. The molecule has 2 amide bonds. The van der Waals surface area contributed by atoms with Crippen LogP contribution < -0.4 is 10.6 Å². The Hall–Kier alpha value is -2.62. The number of hydrogen-bond donors (Lipinski definition) is 2. The molecule has 0 saturated heterocycles. The Morgan fingerprint density at radius 1 is 1.03 bits per heavy atom. The van der Waals surface area contributed by atoms with Crippen LogP contribution in [-0.4, -0.2) is 32.3 Å². The van der Waals surface area contributed by atoms with Crippen molar-refractivity contribution in [3.8, 4) is 0 Å². The van der Waals surface area contributed by atoms with Gasteiger partial charge in [0.1, 0.15) is 11.6 Å². The molecule has 1 aromatic heterocycles. The Morgan fingerprint density at radius 3 is 2.48 bits per heavy atom. The topological polar surface area (TPSA) is 88.9 Å². The molecule has 0 aliphatic carbocycles. The highest BCUT2D eigenvalue weighted by molar-refractivity contribution is 7.99. The number of carbonyl (C=O) groups is 2. The molecule has 1 heterocycles. The molecule has 0 unspecified atom stereocenters. The van der Waals surface area contributed by atoms with Gasteiger partial charge >= 0.3 is 0 Å². The third-order valence-electron chi connectivity index (χ3n) is 4.07. The van der Waals surface area contributed by atoms with E-state index in [1.807, 2.05) is 6.92 Å². The number of rotatable bonds is 8.